The maximum absolute atomic E-state index is 13.1. The molecule has 0 fully saturated rings. The first-order chi connectivity index (χ1) is 20.8. The van der Waals surface area contributed by atoms with Crippen LogP contribution >= 0.6 is 0 Å². The third kappa shape index (κ3) is 5.50. The summed E-state index contributed by atoms with van der Waals surface area (Å²) in [5, 5.41) is 15.6. The fraction of sp³-hybridized carbons (Fsp3) is 0.114. The molecule has 1 unspecified atom stereocenters. The van der Waals surface area contributed by atoms with Crippen LogP contribution in [0.5, 0.6) is 11.5 Å². The van der Waals surface area contributed by atoms with Gasteiger partial charge in [-0.25, -0.2) is 9.48 Å². The minimum Gasteiger partial charge on any atom is -0.507 e. The number of fused-ring (bicyclic) bond motifs is 1. The Labute approximate surface area is 247 Å². The average molecular weight is 573 g/mol. The third-order valence-electron chi connectivity index (χ3n) is 7.10. The number of hydrogen-bond donors (Lipinski definition) is 1. The summed E-state index contributed by atoms with van der Waals surface area (Å²) in [6, 6.07) is 30.9. The van der Waals surface area contributed by atoms with E-state index in [9.17, 15) is 14.7 Å². The highest BCUT2D eigenvalue weighted by Crippen LogP contribution is 2.35. The molecule has 214 valence electrons. The number of nitrogens with zero attached hydrogens (tertiary/aromatic N) is 2. The van der Waals surface area contributed by atoms with Gasteiger partial charge < -0.3 is 19.0 Å². The van der Waals surface area contributed by atoms with E-state index in [1.54, 1.807) is 10.7 Å². The molecule has 0 bridgehead atoms. The van der Waals surface area contributed by atoms with Crippen molar-refractivity contribution in [1.82, 2.24) is 9.78 Å². The van der Waals surface area contributed by atoms with Crippen LogP contribution in [-0.2, 0) is 9.53 Å². The number of carbonyl (C=O) groups excluding carboxylic acids is 1. The van der Waals surface area contributed by atoms with Crippen LogP contribution in [0.3, 0.4) is 0 Å². The molecule has 43 heavy (non-hydrogen) atoms. The molecule has 0 aliphatic carbocycles. The number of methoxy groups -OCH3 is 1. The first-order valence-electron chi connectivity index (χ1n) is 13.7. The molecular formula is C35H28N2O6. The first-order valence-corrected chi connectivity index (χ1v) is 13.7. The Kier molecular flexibility index (Phi) is 7.26. The Bertz CT molecular complexity index is 2010. The lowest BCUT2D eigenvalue weighted by molar-refractivity contribution is -0.149. The van der Waals surface area contributed by atoms with Crippen molar-refractivity contribution >= 4 is 16.9 Å². The first kappa shape index (κ1) is 27.5. The monoisotopic (exact) mass is 572 g/mol. The molecule has 0 amide bonds. The molecule has 2 heterocycles. The lowest BCUT2D eigenvalue weighted by Gasteiger charge is -2.16. The van der Waals surface area contributed by atoms with Crippen LogP contribution in [0, 0.1) is 13.8 Å². The summed E-state index contributed by atoms with van der Waals surface area (Å²) in [5.74, 6) is -0.604. The second kappa shape index (κ2) is 11.3. The summed E-state index contributed by atoms with van der Waals surface area (Å²) in [6.07, 6.45) is -1.29. The molecule has 4 aromatic carbocycles. The van der Waals surface area contributed by atoms with E-state index in [0.29, 0.717) is 17.0 Å². The van der Waals surface area contributed by atoms with Gasteiger partial charge in [0, 0.05) is 29.3 Å². The van der Waals surface area contributed by atoms with Gasteiger partial charge >= 0.3 is 5.97 Å². The highest BCUT2D eigenvalue weighted by atomic mass is 16.6. The minimum absolute atomic E-state index is 0.00651. The molecule has 1 N–H and O–H groups in total. The zero-order chi connectivity index (χ0) is 30.1. The number of rotatable bonds is 7. The molecule has 0 spiro atoms. The summed E-state index contributed by atoms with van der Waals surface area (Å²) in [4.78, 5) is 26.0. The van der Waals surface area contributed by atoms with E-state index in [4.69, 9.17) is 19.0 Å². The topological polar surface area (TPSA) is 104 Å². The van der Waals surface area contributed by atoms with Crippen LogP contribution in [0.2, 0.25) is 0 Å². The van der Waals surface area contributed by atoms with Gasteiger partial charge in [-0.1, -0.05) is 71.8 Å². The van der Waals surface area contributed by atoms with E-state index >= 15 is 0 Å². The van der Waals surface area contributed by atoms with Crippen molar-refractivity contribution in [2.45, 2.75) is 20.0 Å². The number of esters is 1. The number of aromatic hydroxyl groups is 1. The molecule has 2 aromatic heterocycles. The Morgan fingerprint density at radius 1 is 0.860 bits per heavy atom. The molecule has 0 aliphatic rings. The second-order valence-electron chi connectivity index (χ2n) is 10.2. The number of aromatic nitrogens is 2. The fourth-order valence-electron chi connectivity index (χ4n) is 4.95. The van der Waals surface area contributed by atoms with Crippen LogP contribution < -0.4 is 10.2 Å². The van der Waals surface area contributed by atoms with Crippen LogP contribution in [0.1, 0.15) is 22.9 Å². The van der Waals surface area contributed by atoms with Gasteiger partial charge in [-0.2, -0.15) is 5.10 Å². The van der Waals surface area contributed by atoms with Gasteiger partial charge in [0.25, 0.3) is 0 Å². The number of phenols is 1. The molecule has 0 radical (unpaired) electrons. The molecule has 8 nitrogen and oxygen atoms in total. The maximum Gasteiger partial charge on any atom is 0.353 e. The predicted molar refractivity (Wildman–Crippen MR) is 163 cm³/mol. The summed E-state index contributed by atoms with van der Waals surface area (Å²) < 4.78 is 19.0. The maximum atomic E-state index is 13.1. The Balaban J connectivity index is 1.45. The molecule has 6 rings (SSSR count). The Morgan fingerprint density at radius 3 is 2.33 bits per heavy atom. The van der Waals surface area contributed by atoms with Crippen LogP contribution in [0.15, 0.2) is 112 Å². The van der Waals surface area contributed by atoms with E-state index in [1.165, 1.54) is 25.3 Å². The molecule has 6 aromatic rings. The van der Waals surface area contributed by atoms with Gasteiger partial charge in [0.2, 0.25) is 6.10 Å². The number of carbonyl (C=O) groups is 1. The number of hydrogen-bond acceptors (Lipinski definition) is 7. The van der Waals surface area contributed by atoms with E-state index in [-0.39, 0.29) is 22.5 Å². The van der Waals surface area contributed by atoms with Crippen LogP contribution in [0.25, 0.3) is 39.2 Å². The van der Waals surface area contributed by atoms with Crippen LogP contribution in [-0.4, -0.2) is 28.0 Å². The molecule has 0 saturated carbocycles. The van der Waals surface area contributed by atoms with Gasteiger partial charge in [0.15, 0.2) is 5.43 Å². The molecule has 8 heteroatoms. The summed E-state index contributed by atoms with van der Waals surface area (Å²) in [6.45, 7) is 4.01. The van der Waals surface area contributed by atoms with Crippen molar-refractivity contribution in [2.24, 2.45) is 0 Å². The lowest BCUT2D eigenvalue weighted by atomic mass is 10.1. The number of benzene rings is 4. The number of ether oxygens (including phenoxy) is 2. The second-order valence-corrected chi connectivity index (χ2v) is 10.2. The fourth-order valence-corrected chi connectivity index (χ4v) is 4.95. The summed E-state index contributed by atoms with van der Waals surface area (Å²) in [7, 11) is 1.26. The van der Waals surface area contributed by atoms with E-state index < -0.39 is 17.5 Å². The van der Waals surface area contributed by atoms with Crippen LogP contribution in [0.4, 0.5) is 0 Å². The highest BCUT2D eigenvalue weighted by Gasteiger charge is 2.29. The largest absolute Gasteiger partial charge is 0.507 e. The van der Waals surface area contributed by atoms with E-state index in [0.717, 1.165) is 28.1 Å². The predicted octanol–water partition coefficient (Wildman–Crippen LogP) is 6.93. The number of aryl methyl sites for hydroxylation is 2. The lowest BCUT2D eigenvalue weighted by Crippen LogP contribution is -2.21. The zero-order valence-corrected chi connectivity index (χ0v) is 23.8. The quantitative estimate of drug-likeness (QED) is 0.207. The summed E-state index contributed by atoms with van der Waals surface area (Å²) in [5.41, 5.74) is 5.32. The van der Waals surface area contributed by atoms with Gasteiger partial charge in [-0.15, -0.1) is 0 Å². The molecular weight excluding hydrogens is 544 g/mol. The molecule has 0 aliphatic heterocycles. The zero-order valence-electron chi connectivity index (χ0n) is 23.8. The smallest absolute Gasteiger partial charge is 0.353 e. The van der Waals surface area contributed by atoms with Crippen molar-refractivity contribution in [3.63, 3.8) is 0 Å². The highest BCUT2D eigenvalue weighted by molar-refractivity contribution is 5.86. The minimum atomic E-state index is -1.29. The number of phenolic OH excluding ortho intramolecular Hbond substituents is 1. The Hall–Kier alpha value is -5.63. The SMILES string of the molecule is COC(=O)C(Oc1cc(O)c2c(=O)cc(-c3ccccc3)oc2c1)c1cc(-c2cccc(C)c2)n(-c2ccc(C)cc2)n1. The third-order valence-corrected chi connectivity index (χ3v) is 7.10. The molecule has 0 saturated heterocycles. The van der Waals surface area contributed by atoms with Gasteiger partial charge in [-0.05, 0) is 38.1 Å². The van der Waals surface area contributed by atoms with E-state index in [1.807, 2.05) is 92.7 Å². The van der Waals surface area contributed by atoms with Crippen molar-refractivity contribution < 1.29 is 23.8 Å². The average Bonchev–Trinajstić information content (AvgIpc) is 3.45. The van der Waals surface area contributed by atoms with Gasteiger partial charge in [-0.3, -0.25) is 4.79 Å². The Morgan fingerprint density at radius 2 is 1.60 bits per heavy atom. The normalized spacial score (nSPS) is 11.8. The van der Waals surface area contributed by atoms with Crippen molar-refractivity contribution in [1.29, 1.82) is 0 Å². The summed E-state index contributed by atoms with van der Waals surface area (Å²) >= 11 is 0. The van der Waals surface area contributed by atoms with Crippen molar-refractivity contribution in [3.8, 4) is 39.8 Å². The van der Waals surface area contributed by atoms with Gasteiger partial charge in [0.05, 0.1) is 18.5 Å². The standard InChI is InChI=1S/C35H28N2O6/c1-21-12-14-25(15-13-21)37-28(24-11-7-8-22(2)16-24)19-27(36-37)34(35(40)41-3)42-26-17-29(38)33-30(39)20-31(43-32(33)18-26)23-9-5-4-6-10-23/h4-20,34,38H,1-3H3. The van der Waals surface area contributed by atoms with Gasteiger partial charge in [0.1, 0.15) is 33.9 Å². The van der Waals surface area contributed by atoms with E-state index in [2.05, 4.69) is 0 Å². The van der Waals surface area contributed by atoms with Crippen molar-refractivity contribution in [3.05, 3.63) is 130 Å². The molecule has 1 atom stereocenters. The van der Waals surface area contributed by atoms with Crippen molar-refractivity contribution in [2.75, 3.05) is 7.11 Å².